The number of hydrogen-bond donors (Lipinski definition) is 1. The molecular weight excluding hydrogens is 528 g/mol. The van der Waals surface area contributed by atoms with Crippen LogP contribution in [0, 0.1) is 21.4 Å². The molecule has 2 heterocycles. The topological polar surface area (TPSA) is 131 Å². The molecule has 5 aromatic rings. The van der Waals surface area contributed by atoms with Crippen molar-refractivity contribution in [3.8, 4) is 23.1 Å². The van der Waals surface area contributed by atoms with Crippen molar-refractivity contribution in [1.29, 1.82) is 5.26 Å². The number of amides is 1. The summed E-state index contributed by atoms with van der Waals surface area (Å²) in [5.74, 6) is 0.235. The van der Waals surface area contributed by atoms with Gasteiger partial charge in [-0.1, -0.05) is 48.5 Å². The Hall–Kier alpha value is -5.53. The van der Waals surface area contributed by atoms with E-state index in [0.717, 1.165) is 16.9 Å². The molecular formula is C30H20N4O5S. The lowest BCUT2D eigenvalue weighted by atomic mass is 10.1. The summed E-state index contributed by atoms with van der Waals surface area (Å²) in [6.07, 6.45) is 1.54. The predicted molar refractivity (Wildman–Crippen MR) is 151 cm³/mol. The number of nitrogens with one attached hydrogen (secondary N) is 1. The molecule has 0 aliphatic carbocycles. The maximum Gasteiger partial charge on any atom is 0.273 e. The number of nitriles is 1. The zero-order valence-electron chi connectivity index (χ0n) is 20.8. The van der Waals surface area contributed by atoms with Crippen LogP contribution in [-0.2, 0) is 11.3 Å². The minimum Gasteiger partial charge on any atom is -0.457 e. The van der Waals surface area contributed by atoms with Crippen molar-refractivity contribution in [2.75, 3.05) is 0 Å². The summed E-state index contributed by atoms with van der Waals surface area (Å²) in [7, 11) is 0. The van der Waals surface area contributed by atoms with Crippen molar-refractivity contribution < 1.29 is 14.1 Å². The molecule has 40 heavy (non-hydrogen) atoms. The summed E-state index contributed by atoms with van der Waals surface area (Å²) in [4.78, 5) is 37.1. The Morgan fingerprint density at radius 3 is 2.33 bits per heavy atom. The van der Waals surface area contributed by atoms with E-state index in [4.69, 9.17) is 4.42 Å². The van der Waals surface area contributed by atoms with Gasteiger partial charge < -0.3 is 9.73 Å². The molecule has 5 rings (SSSR count). The molecule has 0 fully saturated rings. The Labute approximate surface area is 231 Å². The van der Waals surface area contributed by atoms with E-state index in [-0.39, 0.29) is 27.0 Å². The third kappa shape index (κ3) is 5.50. The molecule has 1 amide bonds. The highest BCUT2D eigenvalue weighted by molar-refractivity contribution is 7.07. The standard InChI is InChI=1S/C30H20N4O5S/c31-18-25(28(35)32-19-20-7-3-1-4-8-20)30-33(22-9-5-2-6-10-22)29(36)27(40-30)17-24-15-16-26(39-24)21-11-13-23(14-12-21)34(37)38/h1-17H,19H2,(H,32,35). The van der Waals surface area contributed by atoms with Gasteiger partial charge in [0.1, 0.15) is 22.3 Å². The Balaban J connectivity index is 1.58. The van der Waals surface area contributed by atoms with E-state index in [1.807, 2.05) is 36.4 Å². The summed E-state index contributed by atoms with van der Waals surface area (Å²) in [5.41, 5.74) is 1.38. The van der Waals surface area contributed by atoms with Gasteiger partial charge in [-0.25, -0.2) is 0 Å². The normalized spacial score (nSPS) is 12.0. The molecule has 0 atom stereocenters. The zero-order valence-corrected chi connectivity index (χ0v) is 21.6. The fourth-order valence-electron chi connectivity index (χ4n) is 3.99. The molecule has 0 unspecified atom stereocenters. The third-order valence-corrected chi connectivity index (χ3v) is 7.04. The monoisotopic (exact) mass is 548 g/mol. The highest BCUT2D eigenvalue weighted by Gasteiger charge is 2.17. The van der Waals surface area contributed by atoms with E-state index in [2.05, 4.69) is 5.32 Å². The maximum atomic E-state index is 13.6. The number of nitrogens with zero attached hydrogens (tertiary/aromatic N) is 3. The van der Waals surface area contributed by atoms with Crippen molar-refractivity contribution >= 4 is 34.6 Å². The van der Waals surface area contributed by atoms with Crippen LogP contribution in [0.15, 0.2) is 106 Å². The summed E-state index contributed by atoms with van der Waals surface area (Å²) < 4.78 is 7.68. The number of benzene rings is 3. The third-order valence-electron chi connectivity index (χ3n) is 5.95. The van der Waals surface area contributed by atoms with Crippen molar-refractivity contribution in [3.05, 3.63) is 138 Å². The van der Waals surface area contributed by atoms with Crippen LogP contribution >= 0.6 is 11.3 Å². The van der Waals surface area contributed by atoms with Gasteiger partial charge >= 0.3 is 0 Å². The van der Waals surface area contributed by atoms with Crippen LogP contribution in [0.3, 0.4) is 0 Å². The van der Waals surface area contributed by atoms with Gasteiger partial charge in [0.25, 0.3) is 17.2 Å². The summed E-state index contributed by atoms with van der Waals surface area (Å²) >= 11 is 1.01. The highest BCUT2D eigenvalue weighted by atomic mass is 32.1. The lowest BCUT2D eigenvalue weighted by molar-refractivity contribution is -0.384. The first kappa shape index (κ1) is 26.1. The average molecular weight is 549 g/mol. The Morgan fingerprint density at radius 2 is 1.68 bits per heavy atom. The summed E-state index contributed by atoms with van der Waals surface area (Å²) in [5, 5.41) is 23.7. The molecule has 10 heteroatoms. The Kier molecular flexibility index (Phi) is 7.48. The molecule has 0 saturated heterocycles. The molecule has 3 aromatic carbocycles. The average Bonchev–Trinajstić information content (AvgIpc) is 3.58. The number of hydrogen-bond acceptors (Lipinski definition) is 7. The fourth-order valence-corrected chi connectivity index (χ4v) is 5.07. The second-order valence-corrected chi connectivity index (χ2v) is 9.58. The maximum absolute atomic E-state index is 13.6. The number of carbonyl (C=O) groups excluding carboxylic acids is 1. The van der Waals surface area contributed by atoms with Crippen LogP contribution < -0.4 is 20.1 Å². The highest BCUT2D eigenvalue weighted by Crippen LogP contribution is 2.24. The van der Waals surface area contributed by atoms with Crippen LogP contribution in [-0.4, -0.2) is 15.4 Å². The molecule has 0 aliphatic rings. The first-order valence-electron chi connectivity index (χ1n) is 12.0. The SMILES string of the molecule is N#CC(C(=O)NCc1ccccc1)=c1sc(=Cc2ccc(-c3ccc([N+](=O)[O-])cc3)o2)c(=O)n1-c1ccccc1. The number of nitro benzene ring substituents is 1. The van der Waals surface area contributed by atoms with Crippen molar-refractivity contribution in [3.63, 3.8) is 0 Å². The van der Waals surface area contributed by atoms with Crippen LogP contribution in [0.1, 0.15) is 11.3 Å². The second-order valence-electron chi connectivity index (χ2n) is 8.55. The molecule has 0 radical (unpaired) electrons. The number of carbonyl (C=O) groups is 1. The fraction of sp³-hybridized carbons (Fsp3) is 0.0333. The first-order valence-corrected chi connectivity index (χ1v) is 12.9. The van der Waals surface area contributed by atoms with Crippen LogP contribution in [0.4, 0.5) is 5.69 Å². The first-order chi connectivity index (χ1) is 19.4. The van der Waals surface area contributed by atoms with Gasteiger partial charge in [-0.05, 0) is 42.0 Å². The number of furan rings is 1. The predicted octanol–water partition coefficient (Wildman–Crippen LogP) is 3.89. The van der Waals surface area contributed by atoms with Gasteiger partial charge in [0.2, 0.25) is 0 Å². The number of non-ortho nitro benzene ring substituents is 1. The largest absolute Gasteiger partial charge is 0.457 e. The summed E-state index contributed by atoms with van der Waals surface area (Å²) in [6, 6.07) is 29.3. The van der Waals surface area contributed by atoms with Crippen molar-refractivity contribution in [2.24, 2.45) is 0 Å². The number of aromatic nitrogens is 1. The minimum absolute atomic E-state index is 0.0352. The van der Waals surface area contributed by atoms with E-state index in [9.17, 15) is 25.0 Å². The second kappa shape index (κ2) is 11.5. The smallest absolute Gasteiger partial charge is 0.273 e. The van der Waals surface area contributed by atoms with E-state index in [0.29, 0.717) is 22.8 Å². The molecule has 0 spiro atoms. The van der Waals surface area contributed by atoms with Gasteiger partial charge in [-0.3, -0.25) is 24.3 Å². The summed E-state index contributed by atoms with van der Waals surface area (Å²) in [6.45, 7) is 0.225. The van der Waals surface area contributed by atoms with E-state index in [1.54, 1.807) is 60.7 Å². The zero-order chi connectivity index (χ0) is 28.1. The molecule has 1 N–H and O–H groups in total. The van der Waals surface area contributed by atoms with E-state index in [1.165, 1.54) is 16.7 Å². The van der Waals surface area contributed by atoms with E-state index >= 15 is 0 Å². The van der Waals surface area contributed by atoms with Crippen molar-refractivity contribution in [1.82, 2.24) is 9.88 Å². The molecule has 196 valence electrons. The number of para-hydroxylation sites is 1. The van der Waals surface area contributed by atoms with Crippen LogP contribution in [0.2, 0.25) is 0 Å². The van der Waals surface area contributed by atoms with Gasteiger partial charge in [-0.2, -0.15) is 5.26 Å². The van der Waals surface area contributed by atoms with Gasteiger partial charge in [0.05, 0.1) is 15.1 Å². The Morgan fingerprint density at radius 1 is 1.00 bits per heavy atom. The van der Waals surface area contributed by atoms with Crippen molar-refractivity contribution in [2.45, 2.75) is 6.54 Å². The van der Waals surface area contributed by atoms with E-state index < -0.39 is 16.4 Å². The molecule has 2 aromatic heterocycles. The lowest BCUT2D eigenvalue weighted by Gasteiger charge is -2.06. The number of rotatable bonds is 7. The molecule has 0 bridgehead atoms. The Bertz CT molecular complexity index is 1920. The van der Waals surface area contributed by atoms with Gasteiger partial charge in [-0.15, -0.1) is 11.3 Å². The van der Waals surface area contributed by atoms with Crippen LogP contribution in [0.5, 0.6) is 0 Å². The molecule has 0 aliphatic heterocycles. The number of nitro groups is 1. The minimum atomic E-state index is -0.595. The molecule has 0 saturated carbocycles. The molecule has 9 nitrogen and oxygen atoms in total. The quantitative estimate of drug-likeness (QED) is 0.243. The van der Waals surface area contributed by atoms with Gasteiger partial charge in [0, 0.05) is 30.3 Å². The van der Waals surface area contributed by atoms with Crippen LogP contribution in [0.25, 0.3) is 28.7 Å². The number of thiazole rings is 1. The van der Waals surface area contributed by atoms with Gasteiger partial charge in [0.15, 0.2) is 5.57 Å². The lowest BCUT2D eigenvalue weighted by Crippen LogP contribution is -2.33.